The minimum Gasteiger partial charge on any atom is -0.328 e. The molecule has 3 rings (SSSR count). The first-order valence-electron chi connectivity index (χ1n) is 7.41. The van der Waals surface area contributed by atoms with Gasteiger partial charge in [0.1, 0.15) is 5.82 Å². The van der Waals surface area contributed by atoms with Crippen LogP contribution >= 0.6 is 23.2 Å². The van der Waals surface area contributed by atoms with Crippen molar-refractivity contribution in [2.75, 3.05) is 6.54 Å². The average Bonchev–Trinajstić information content (AvgIpc) is 2.96. The minimum atomic E-state index is 0.445. The molecule has 1 N–H and O–H groups in total. The lowest BCUT2D eigenvalue weighted by molar-refractivity contribution is 0.297. The van der Waals surface area contributed by atoms with Gasteiger partial charge in [-0.25, -0.2) is 4.98 Å². The molecule has 0 saturated carbocycles. The molecule has 1 aliphatic heterocycles. The number of hydrogen-bond donors (Lipinski definition) is 1. The summed E-state index contributed by atoms with van der Waals surface area (Å²) in [6, 6.07) is 6.60. The van der Waals surface area contributed by atoms with Gasteiger partial charge >= 0.3 is 0 Å². The quantitative estimate of drug-likeness (QED) is 0.897. The summed E-state index contributed by atoms with van der Waals surface area (Å²) >= 11 is 12.7. The van der Waals surface area contributed by atoms with E-state index in [4.69, 9.17) is 23.2 Å². The highest BCUT2D eigenvalue weighted by Crippen LogP contribution is 2.36. The van der Waals surface area contributed by atoms with E-state index in [1.54, 1.807) is 0 Å². The molecule has 1 saturated heterocycles. The molecule has 2 atom stereocenters. The summed E-state index contributed by atoms with van der Waals surface area (Å²) in [6.07, 6.45) is 7.23. The molecule has 0 bridgehead atoms. The molecule has 0 unspecified atom stereocenters. The van der Waals surface area contributed by atoms with Crippen molar-refractivity contribution < 1.29 is 0 Å². The Morgan fingerprint density at radius 3 is 2.81 bits per heavy atom. The molecule has 1 fully saturated rings. The third-order valence-electron chi connectivity index (χ3n) is 4.21. The minimum absolute atomic E-state index is 0.445. The van der Waals surface area contributed by atoms with Gasteiger partial charge in [-0.1, -0.05) is 36.2 Å². The third kappa shape index (κ3) is 2.96. The second-order valence-electron chi connectivity index (χ2n) is 5.49. The molecule has 1 aromatic heterocycles. The van der Waals surface area contributed by atoms with Crippen molar-refractivity contribution in [3.8, 4) is 11.4 Å². The Balaban J connectivity index is 1.98. The number of rotatable bonds is 3. The van der Waals surface area contributed by atoms with Crippen LogP contribution in [0.2, 0.25) is 10.0 Å². The van der Waals surface area contributed by atoms with Gasteiger partial charge in [-0.15, -0.1) is 0 Å². The number of aromatic nitrogens is 2. The van der Waals surface area contributed by atoms with Gasteiger partial charge in [0.2, 0.25) is 0 Å². The zero-order valence-electron chi connectivity index (χ0n) is 12.0. The van der Waals surface area contributed by atoms with Crippen LogP contribution in [0, 0.1) is 0 Å². The van der Waals surface area contributed by atoms with Crippen LogP contribution in [-0.2, 0) is 0 Å². The second kappa shape index (κ2) is 6.39. The monoisotopic (exact) mass is 323 g/mol. The molecule has 0 amide bonds. The maximum Gasteiger partial charge on any atom is 0.143 e. The van der Waals surface area contributed by atoms with Gasteiger partial charge in [0.15, 0.2) is 0 Å². The van der Waals surface area contributed by atoms with E-state index in [1.165, 1.54) is 0 Å². The summed E-state index contributed by atoms with van der Waals surface area (Å²) in [4.78, 5) is 4.51. The van der Waals surface area contributed by atoms with Crippen molar-refractivity contribution in [2.45, 2.75) is 38.3 Å². The fourth-order valence-corrected chi connectivity index (χ4v) is 3.63. The van der Waals surface area contributed by atoms with Gasteiger partial charge in [-0.05, 0) is 37.9 Å². The van der Waals surface area contributed by atoms with Crippen LogP contribution in [-0.4, -0.2) is 22.1 Å². The third-order valence-corrected chi connectivity index (χ3v) is 4.84. The smallest absolute Gasteiger partial charge is 0.143 e. The van der Waals surface area contributed by atoms with Crippen molar-refractivity contribution in [2.24, 2.45) is 0 Å². The van der Waals surface area contributed by atoms with E-state index < -0.39 is 0 Å². The van der Waals surface area contributed by atoms with Crippen molar-refractivity contribution in [1.29, 1.82) is 0 Å². The highest BCUT2D eigenvalue weighted by molar-refractivity contribution is 6.38. The van der Waals surface area contributed by atoms with Crippen molar-refractivity contribution >= 4 is 23.2 Å². The van der Waals surface area contributed by atoms with E-state index in [0.29, 0.717) is 22.1 Å². The van der Waals surface area contributed by atoms with Gasteiger partial charge in [0, 0.05) is 24.5 Å². The molecule has 1 aliphatic rings. The van der Waals surface area contributed by atoms with Crippen LogP contribution in [0.25, 0.3) is 11.4 Å². The van der Waals surface area contributed by atoms with Crippen LogP contribution in [0.1, 0.15) is 32.2 Å². The van der Waals surface area contributed by atoms with Gasteiger partial charge in [-0.2, -0.15) is 0 Å². The van der Waals surface area contributed by atoms with Crippen molar-refractivity contribution in [3.05, 3.63) is 40.6 Å². The number of nitrogens with one attached hydrogen (secondary N) is 1. The van der Waals surface area contributed by atoms with Crippen LogP contribution in [0.4, 0.5) is 0 Å². The molecule has 0 spiro atoms. The standard InChI is InChI=1S/C16H19Cl2N3/c1-2-11-10-12(6-7-19-11)21-9-8-20-16(21)15-13(17)4-3-5-14(15)18/h3-5,8-9,11-12,19H,2,6-7,10H2,1H3/t11-,12-/m1/s1. The van der Waals surface area contributed by atoms with Crippen LogP contribution in [0.3, 0.4) is 0 Å². The molecule has 3 nitrogen and oxygen atoms in total. The molecule has 21 heavy (non-hydrogen) atoms. The van der Waals surface area contributed by atoms with Gasteiger partial charge in [0.25, 0.3) is 0 Å². The zero-order valence-corrected chi connectivity index (χ0v) is 13.5. The Hall–Kier alpha value is -1.03. The first-order valence-corrected chi connectivity index (χ1v) is 8.17. The number of benzene rings is 1. The maximum atomic E-state index is 6.34. The van der Waals surface area contributed by atoms with Gasteiger partial charge in [-0.3, -0.25) is 0 Å². The van der Waals surface area contributed by atoms with Crippen molar-refractivity contribution in [1.82, 2.24) is 14.9 Å². The van der Waals surface area contributed by atoms with E-state index in [1.807, 2.05) is 30.6 Å². The molecule has 5 heteroatoms. The van der Waals surface area contributed by atoms with E-state index in [0.717, 1.165) is 37.2 Å². The molecule has 2 aromatic rings. The predicted octanol–water partition coefficient (Wildman–Crippen LogP) is 4.56. The van der Waals surface area contributed by atoms with Crippen LogP contribution < -0.4 is 5.32 Å². The van der Waals surface area contributed by atoms with E-state index in [-0.39, 0.29) is 0 Å². The van der Waals surface area contributed by atoms with Gasteiger partial charge < -0.3 is 9.88 Å². The maximum absolute atomic E-state index is 6.34. The number of hydrogen-bond acceptors (Lipinski definition) is 2. The number of nitrogens with zero attached hydrogens (tertiary/aromatic N) is 2. The molecule has 0 radical (unpaired) electrons. The number of halogens is 2. The molecule has 112 valence electrons. The first-order chi connectivity index (χ1) is 10.2. The molecular formula is C16H19Cl2N3. The Morgan fingerprint density at radius 1 is 1.33 bits per heavy atom. The summed E-state index contributed by atoms with van der Waals surface area (Å²) in [5.74, 6) is 0.868. The summed E-state index contributed by atoms with van der Waals surface area (Å²) in [7, 11) is 0. The van der Waals surface area contributed by atoms with Crippen LogP contribution in [0.15, 0.2) is 30.6 Å². The summed E-state index contributed by atoms with van der Waals surface area (Å²) < 4.78 is 2.23. The highest BCUT2D eigenvalue weighted by atomic mass is 35.5. The number of piperidine rings is 1. The molecule has 0 aliphatic carbocycles. The zero-order chi connectivity index (χ0) is 14.8. The van der Waals surface area contributed by atoms with Crippen molar-refractivity contribution in [3.63, 3.8) is 0 Å². The molecular weight excluding hydrogens is 305 g/mol. The Morgan fingerprint density at radius 2 is 2.10 bits per heavy atom. The van der Waals surface area contributed by atoms with Gasteiger partial charge in [0.05, 0.1) is 15.6 Å². The summed E-state index contributed by atoms with van der Waals surface area (Å²) in [6.45, 7) is 3.26. The first kappa shape index (κ1) is 14.9. The van der Waals surface area contributed by atoms with E-state index in [2.05, 4.69) is 21.8 Å². The lowest BCUT2D eigenvalue weighted by atomic mass is 9.97. The number of imidazole rings is 1. The largest absolute Gasteiger partial charge is 0.328 e. The van der Waals surface area contributed by atoms with E-state index in [9.17, 15) is 0 Å². The average molecular weight is 324 g/mol. The van der Waals surface area contributed by atoms with E-state index >= 15 is 0 Å². The fourth-order valence-electron chi connectivity index (χ4n) is 3.06. The summed E-state index contributed by atoms with van der Waals surface area (Å²) in [5.41, 5.74) is 0.831. The summed E-state index contributed by atoms with van der Waals surface area (Å²) in [5, 5.41) is 4.85. The topological polar surface area (TPSA) is 29.9 Å². The predicted molar refractivity (Wildman–Crippen MR) is 88.0 cm³/mol. The normalized spacial score (nSPS) is 22.4. The highest BCUT2D eigenvalue weighted by Gasteiger charge is 2.24. The lowest BCUT2D eigenvalue weighted by Gasteiger charge is -2.31. The fraction of sp³-hybridized carbons (Fsp3) is 0.438. The Bertz CT molecular complexity index is 603. The van der Waals surface area contributed by atoms with Crippen LogP contribution in [0.5, 0.6) is 0 Å². The Labute approximate surface area is 135 Å². The molecule has 1 aromatic carbocycles. The second-order valence-corrected chi connectivity index (χ2v) is 6.31. The Kier molecular flexibility index (Phi) is 4.53. The lowest BCUT2D eigenvalue weighted by Crippen LogP contribution is -2.38. The molecule has 2 heterocycles. The SMILES string of the molecule is CC[C@@H]1C[C@H](n2ccnc2-c2c(Cl)cccc2Cl)CCN1.